The Kier molecular flexibility index (Phi) is 8.39. The predicted octanol–water partition coefficient (Wildman–Crippen LogP) is 8.12. The first-order valence-electron chi connectivity index (χ1n) is 10.9. The van der Waals surface area contributed by atoms with Crippen LogP contribution in [-0.4, -0.2) is 10.1 Å². The van der Waals surface area contributed by atoms with Gasteiger partial charge >= 0.3 is 0 Å². The Morgan fingerprint density at radius 2 is 1.71 bits per heavy atom. The molecule has 0 N–H and O–H groups in total. The van der Waals surface area contributed by atoms with E-state index in [4.69, 9.17) is 4.98 Å². The maximum atomic E-state index is 4.73. The summed E-state index contributed by atoms with van der Waals surface area (Å²) in [6.45, 7) is 2.29. The van der Waals surface area contributed by atoms with Gasteiger partial charge in [0.2, 0.25) is 0 Å². The van der Waals surface area contributed by atoms with Gasteiger partial charge in [-0.3, -0.25) is 4.98 Å². The van der Waals surface area contributed by atoms with Crippen molar-refractivity contribution in [2.75, 3.05) is 0 Å². The Bertz CT molecular complexity index is 752. The summed E-state index contributed by atoms with van der Waals surface area (Å²) in [7, 11) is 0. The fraction of sp³-hybridized carbons (Fsp3) is 0.520. The molecule has 1 aliphatic carbocycles. The summed E-state index contributed by atoms with van der Waals surface area (Å²) < 4.78 is 0. The van der Waals surface area contributed by atoms with Crippen molar-refractivity contribution in [1.82, 2.24) is 4.98 Å². The number of nitrogens with zero attached hydrogens (tertiary/aromatic N) is 2. The number of pyridine rings is 1. The van der Waals surface area contributed by atoms with Crippen LogP contribution in [0.5, 0.6) is 0 Å². The Morgan fingerprint density at radius 1 is 0.964 bits per heavy atom. The second-order valence-electron chi connectivity index (χ2n) is 8.15. The van der Waals surface area contributed by atoms with Gasteiger partial charge in [-0.05, 0) is 73.5 Å². The van der Waals surface area contributed by atoms with Crippen molar-refractivity contribution in [3.05, 3.63) is 48.2 Å². The van der Waals surface area contributed by atoms with Crippen molar-refractivity contribution < 1.29 is 0 Å². The average molecular weight is 393 g/mol. The van der Waals surface area contributed by atoms with Crippen LogP contribution in [0, 0.1) is 5.92 Å². The molecule has 0 saturated heterocycles. The minimum Gasteiger partial charge on any atom is -0.256 e. The van der Waals surface area contributed by atoms with E-state index in [-0.39, 0.29) is 0 Å². The first-order valence-corrected chi connectivity index (χ1v) is 11.3. The lowest BCUT2D eigenvalue weighted by Gasteiger charge is -2.28. The number of hydrogen-bond donors (Lipinski definition) is 0. The average Bonchev–Trinajstić information content (AvgIpc) is 2.75. The van der Waals surface area contributed by atoms with E-state index in [1.54, 1.807) is 0 Å². The number of rotatable bonds is 9. The van der Waals surface area contributed by atoms with Gasteiger partial charge in [0.1, 0.15) is 0 Å². The third-order valence-corrected chi connectivity index (χ3v) is 6.25. The molecule has 0 spiro atoms. The summed E-state index contributed by atoms with van der Waals surface area (Å²) >= 11 is 4.65. The minimum absolute atomic E-state index is 0.692. The fourth-order valence-corrected chi connectivity index (χ4v) is 4.50. The van der Waals surface area contributed by atoms with E-state index < -0.39 is 0 Å². The molecule has 0 bridgehead atoms. The third kappa shape index (κ3) is 6.09. The smallest absolute Gasteiger partial charge is 0.0740 e. The lowest BCUT2D eigenvalue weighted by atomic mass is 9.77. The summed E-state index contributed by atoms with van der Waals surface area (Å²) in [4.78, 5) is 8.73. The number of thiocarbonyl (C=S) groups is 1. The first-order chi connectivity index (χ1) is 13.8. The number of isothiocyanates is 1. The number of benzene rings is 1. The topological polar surface area (TPSA) is 25.2 Å². The Labute approximate surface area is 175 Å². The molecule has 1 aliphatic rings. The number of hydrogen-bond acceptors (Lipinski definition) is 3. The minimum atomic E-state index is 0.692. The molecule has 0 atom stereocenters. The molecule has 1 aromatic heterocycles. The Morgan fingerprint density at radius 3 is 2.36 bits per heavy atom. The quantitative estimate of drug-likeness (QED) is 0.244. The van der Waals surface area contributed by atoms with Crippen LogP contribution < -0.4 is 0 Å². The summed E-state index contributed by atoms with van der Waals surface area (Å²) in [5, 5.41) is 2.40. The van der Waals surface area contributed by atoms with Gasteiger partial charge in [0.15, 0.2) is 0 Å². The van der Waals surface area contributed by atoms with Crippen LogP contribution in [0.2, 0.25) is 0 Å². The van der Waals surface area contributed by atoms with Gasteiger partial charge in [-0.2, -0.15) is 4.99 Å². The largest absolute Gasteiger partial charge is 0.256 e. The van der Waals surface area contributed by atoms with E-state index >= 15 is 0 Å². The van der Waals surface area contributed by atoms with E-state index in [2.05, 4.69) is 47.6 Å². The summed E-state index contributed by atoms with van der Waals surface area (Å²) in [5.74, 6) is 1.65. The fourth-order valence-electron chi connectivity index (χ4n) is 4.40. The summed E-state index contributed by atoms with van der Waals surface area (Å²) in [5.41, 5.74) is 4.37. The lowest BCUT2D eigenvalue weighted by molar-refractivity contribution is 0.301. The van der Waals surface area contributed by atoms with Gasteiger partial charge in [-0.1, -0.05) is 63.6 Å². The van der Waals surface area contributed by atoms with E-state index in [0.717, 1.165) is 22.9 Å². The molecular weight excluding hydrogens is 360 g/mol. The van der Waals surface area contributed by atoms with Crippen molar-refractivity contribution in [2.45, 2.75) is 77.0 Å². The van der Waals surface area contributed by atoms with Crippen LogP contribution in [0.4, 0.5) is 5.69 Å². The lowest BCUT2D eigenvalue weighted by Crippen LogP contribution is -2.13. The molecule has 1 aromatic carbocycles. The molecule has 1 saturated carbocycles. The first kappa shape index (κ1) is 20.9. The van der Waals surface area contributed by atoms with Crippen LogP contribution in [-0.2, 0) is 0 Å². The van der Waals surface area contributed by atoms with Crippen molar-refractivity contribution in [3.63, 3.8) is 0 Å². The molecular formula is C25H32N2S. The van der Waals surface area contributed by atoms with Crippen molar-refractivity contribution in [3.8, 4) is 11.3 Å². The highest BCUT2D eigenvalue weighted by molar-refractivity contribution is 7.78. The molecule has 28 heavy (non-hydrogen) atoms. The third-order valence-electron chi connectivity index (χ3n) is 6.16. The highest BCUT2D eigenvalue weighted by Crippen LogP contribution is 2.38. The molecule has 3 heteroatoms. The zero-order valence-corrected chi connectivity index (χ0v) is 17.9. The monoisotopic (exact) mass is 392 g/mol. The summed E-state index contributed by atoms with van der Waals surface area (Å²) in [6, 6.07) is 12.4. The molecule has 2 nitrogen and oxygen atoms in total. The van der Waals surface area contributed by atoms with E-state index in [1.165, 1.54) is 69.8 Å². The second kappa shape index (κ2) is 11.2. The Hall–Kier alpha value is -1.83. The van der Waals surface area contributed by atoms with E-state index in [9.17, 15) is 0 Å². The van der Waals surface area contributed by atoms with Crippen LogP contribution in [0.15, 0.2) is 47.6 Å². The van der Waals surface area contributed by atoms with Crippen LogP contribution in [0.25, 0.3) is 11.3 Å². The molecule has 0 amide bonds. The van der Waals surface area contributed by atoms with Gasteiger partial charge in [-0.15, -0.1) is 0 Å². The molecule has 0 unspecified atom stereocenters. The highest BCUT2D eigenvalue weighted by atomic mass is 32.1. The molecule has 1 fully saturated rings. The predicted molar refractivity (Wildman–Crippen MR) is 122 cm³/mol. The molecule has 3 rings (SSSR count). The molecule has 1 heterocycles. The zero-order chi connectivity index (χ0) is 19.6. The normalized spacial score (nSPS) is 19.2. The van der Waals surface area contributed by atoms with Crippen molar-refractivity contribution in [1.29, 1.82) is 0 Å². The van der Waals surface area contributed by atoms with Gasteiger partial charge in [0.05, 0.1) is 16.5 Å². The number of aromatic nitrogens is 1. The molecule has 0 aliphatic heterocycles. The van der Waals surface area contributed by atoms with Gasteiger partial charge in [-0.25, -0.2) is 0 Å². The number of aliphatic imine (C=N–C) groups is 1. The van der Waals surface area contributed by atoms with Gasteiger partial charge < -0.3 is 0 Å². The van der Waals surface area contributed by atoms with Crippen LogP contribution >= 0.6 is 12.2 Å². The van der Waals surface area contributed by atoms with Crippen molar-refractivity contribution >= 4 is 23.1 Å². The maximum absolute atomic E-state index is 4.73. The molecule has 2 aromatic rings. The van der Waals surface area contributed by atoms with Gasteiger partial charge in [0, 0.05) is 11.8 Å². The summed E-state index contributed by atoms with van der Waals surface area (Å²) in [6.07, 6.45) is 16.0. The highest BCUT2D eigenvalue weighted by Gasteiger charge is 2.22. The zero-order valence-electron chi connectivity index (χ0n) is 17.1. The second-order valence-corrected chi connectivity index (χ2v) is 8.33. The van der Waals surface area contributed by atoms with Crippen LogP contribution in [0.3, 0.4) is 0 Å². The van der Waals surface area contributed by atoms with Crippen molar-refractivity contribution in [2.24, 2.45) is 10.9 Å². The molecule has 148 valence electrons. The standard InChI is InChI=1S/C25H32N2S/c1-2-3-4-5-6-7-20-8-10-21(11-9-20)23-14-17-25(26-18-23)22-12-15-24(16-13-22)27-19-28/h12-18,20-21H,2-11H2,1H3. The maximum Gasteiger partial charge on any atom is 0.0740 e. The van der Waals surface area contributed by atoms with E-state index in [1.807, 2.05) is 24.3 Å². The SMILES string of the molecule is CCCCCCCC1CCC(c2ccc(-c3ccc(N=C=S)cc3)nc2)CC1. The molecule has 0 radical (unpaired) electrons. The van der Waals surface area contributed by atoms with Gasteiger partial charge in [0.25, 0.3) is 0 Å². The van der Waals surface area contributed by atoms with Crippen LogP contribution in [0.1, 0.15) is 82.6 Å². The Balaban J connectivity index is 1.48. The number of unbranched alkanes of at least 4 members (excludes halogenated alkanes) is 4. The van der Waals surface area contributed by atoms with E-state index in [0.29, 0.717) is 5.92 Å².